The van der Waals surface area contributed by atoms with E-state index >= 15 is 0 Å². The lowest BCUT2D eigenvalue weighted by Gasteiger charge is -2.33. The fourth-order valence-electron chi connectivity index (χ4n) is 7.94. The first kappa shape index (κ1) is 35.5. The van der Waals surface area contributed by atoms with Crippen molar-refractivity contribution in [3.8, 4) is 16.8 Å². The van der Waals surface area contributed by atoms with Gasteiger partial charge < -0.3 is 13.9 Å². The molecular formula is C51H42N3PS. The van der Waals surface area contributed by atoms with Gasteiger partial charge in [0.15, 0.2) is 0 Å². The number of hydrogen-bond donors (Lipinski definition) is 0. The molecule has 56 heavy (non-hydrogen) atoms. The van der Waals surface area contributed by atoms with Gasteiger partial charge in [-0.05, 0) is 72.2 Å². The van der Waals surface area contributed by atoms with Crippen LogP contribution in [0.25, 0.3) is 60.9 Å². The van der Waals surface area contributed by atoms with Crippen molar-refractivity contribution in [2.45, 2.75) is 13.3 Å². The average Bonchev–Trinajstić information content (AvgIpc) is 3.77. The van der Waals surface area contributed by atoms with Crippen LogP contribution in [0.2, 0.25) is 0 Å². The third kappa shape index (κ3) is 6.31. The molecule has 0 bridgehead atoms. The normalized spacial score (nSPS) is 15.6. The van der Waals surface area contributed by atoms with Gasteiger partial charge in [-0.25, -0.2) is 0 Å². The number of allylic oxidation sites excluding steroid dienone is 10. The molecule has 3 heterocycles. The maximum Gasteiger partial charge on any atom is 0.134 e. The minimum atomic E-state index is -0.892. The summed E-state index contributed by atoms with van der Waals surface area (Å²) in [5, 5.41) is 5.12. The summed E-state index contributed by atoms with van der Waals surface area (Å²) in [5.74, 6) is 0. The van der Waals surface area contributed by atoms with E-state index in [0.29, 0.717) is 0 Å². The zero-order valence-corrected chi connectivity index (χ0v) is 33.1. The zero-order valence-electron chi connectivity index (χ0n) is 31.4. The number of hydrogen-bond acceptors (Lipinski definition) is 3. The Morgan fingerprint density at radius 3 is 2.38 bits per heavy atom. The molecule has 5 aromatic carbocycles. The van der Waals surface area contributed by atoms with Gasteiger partial charge in [0.1, 0.15) is 8.22 Å². The Labute approximate surface area is 334 Å². The summed E-state index contributed by atoms with van der Waals surface area (Å²) in [7, 11) is -0.892. The topological polar surface area (TPSA) is 11.4 Å². The van der Waals surface area contributed by atoms with Crippen LogP contribution in [0, 0.1) is 0 Å². The van der Waals surface area contributed by atoms with E-state index in [1.165, 1.54) is 75.8 Å². The molecule has 9 rings (SSSR count). The monoisotopic (exact) mass is 759 g/mol. The fourth-order valence-corrected chi connectivity index (χ4v) is 11.5. The molecule has 2 aliphatic rings. The Kier molecular flexibility index (Phi) is 9.84. The number of rotatable bonds is 10. The van der Waals surface area contributed by atoms with Gasteiger partial charge in [-0.2, -0.15) is 0 Å². The summed E-state index contributed by atoms with van der Waals surface area (Å²) in [6.07, 6.45) is 28.3. The molecule has 7 aromatic rings. The van der Waals surface area contributed by atoms with Crippen molar-refractivity contribution < 1.29 is 0 Å². The molecule has 0 saturated carbocycles. The van der Waals surface area contributed by atoms with Gasteiger partial charge in [0.25, 0.3) is 0 Å². The highest BCUT2D eigenvalue weighted by Gasteiger charge is 2.39. The van der Waals surface area contributed by atoms with Crippen LogP contribution >= 0.6 is 19.6 Å². The number of thiophene rings is 1. The molecule has 2 aromatic heterocycles. The van der Waals surface area contributed by atoms with E-state index in [4.69, 9.17) is 0 Å². The Morgan fingerprint density at radius 2 is 1.55 bits per heavy atom. The lowest BCUT2D eigenvalue weighted by Crippen LogP contribution is -2.27. The highest BCUT2D eigenvalue weighted by Crippen LogP contribution is 2.61. The predicted molar refractivity (Wildman–Crippen MR) is 249 cm³/mol. The van der Waals surface area contributed by atoms with Gasteiger partial charge in [-0.1, -0.05) is 153 Å². The van der Waals surface area contributed by atoms with Crippen LogP contribution in [-0.4, -0.2) is 11.1 Å². The van der Waals surface area contributed by atoms with Gasteiger partial charge in [0.05, 0.1) is 22.4 Å². The average molecular weight is 760 g/mol. The van der Waals surface area contributed by atoms with Crippen molar-refractivity contribution in [2.75, 3.05) is 15.9 Å². The molecule has 1 aliphatic carbocycles. The second-order valence-electron chi connectivity index (χ2n) is 13.8. The van der Waals surface area contributed by atoms with Crippen molar-refractivity contribution in [1.29, 1.82) is 0 Å². The standard InChI is InChI=1S/C51H42N3PS/c1-4-7-8-11-19-33-52-47-32-29-38(34-49(47)54(40-21-13-9-10-14-22-40)55(52)41-23-15-12-16-24-41)37-27-30-39(31-28-37)53-46-26-18-17-25-42(46)44-35-45-43(20-5-2)50(6-3)56-51(45)36-48(44)53/h4-21,23-32,34-36H,1,3,22,33H2,2H3/b8-7-,19-11-,20-5-. The largest absolute Gasteiger partial charge is 0.324 e. The van der Waals surface area contributed by atoms with Crippen molar-refractivity contribution in [3.63, 3.8) is 0 Å². The van der Waals surface area contributed by atoms with E-state index in [0.717, 1.165) is 18.7 Å². The van der Waals surface area contributed by atoms with Crippen LogP contribution in [0.5, 0.6) is 0 Å². The third-order valence-corrected chi connectivity index (χ3v) is 14.0. The second-order valence-corrected chi connectivity index (χ2v) is 16.9. The van der Waals surface area contributed by atoms with E-state index in [1.807, 2.05) is 35.6 Å². The van der Waals surface area contributed by atoms with Crippen LogP contribution in [0.3, 0.4) is 0 Å². The summed E-state index contributed by atoms with van der Waals surface area (Å²) in [6.45, 7) is 10.8. The Bertz CT molecular complexity index is 2810. The molecule has 0 N–H and O–H groups in total. The fraction of sp³-hybridized carbons (Fsp3) is 0.0588. The second kappa shape index (κ2) is 15.5. The quantitative estimate of drug-likeness (QED) is 0.102. The summed E-state index contributed by atoms with van der Waals surface area (Å²) in [5.41, 5.74) is 11.0. The number of aromatic nitrogens is 1. The maximum atomic E-state index is 4.12. The third-order valence-electron chi connectivity index (χ3n) is 10.4. The van der Waals surface area contributed by atoms with Crippen LogP contribution in [0.1, 0.15) is 23.8 Å². The molecule has 0 amide bonds. The molecular weight excluding hydrogens is 718 g/mol. The van der Waals surface area contributed by atoms with Crippen molar-refractivity contribution in [3.05, 3.63) is 205 Å². The van der Waals surface area contributed by atoms with E-state index in [2.05, 4.69) is 198 Å². The van der Waals surface area contributed by atoms with Crippen LogP contribution in [-0.2, 0) is 0 Å². The lowest BCUT2D eigenvalue weighted by molar-refractivity contribution is 1.15. The van der Waals surface area contributed by atoms with Gasteiger partial charge in [0.2, 0.25) is 0 Å². The van der Waals surface area contributed by atoms with Gasteiger partial charge >= 0.3 is 0 Å². The van der Waals surface area contributed by atoms with Crippen LogP contribution in [0.4, 0.5) is 11.4 Å². The van der Waals surface area contributed by atoms with E-state index < -0.39 is 8.22 Å². The number of anilines is 2. The maximum absolute atomic E-state index is 4.12. The summed E-state index contributed by atoms with van der Waals surface area (Å²) in [4.78, 5) is 1.21. The zero-order chi connectivity index (χ0) is 38.0. The van der Waals surface area contributed by atoms with Crippen molar-refractivity contribution in [2.24, 2.45) is 0 Å². The Balaban J connectivity index is 1.15. The molecule has 0 fully saturated rings. The highest BCUT2D eigenvalue weighted by molar-refractivity contribution is 7.69. The molecule has 0 radical (unpaired) electrons. The first-order chi connectivity index (χ1) is 27.7. The molecule has 0 spiro atoms. The minimum Gasteiger partial charge on any atom is -0.324 e. The van der Waals surface area contributed by atoms with Gasteiger partial charge in [0, 0.05) is 55.4 Å². The summed E-state index contributed by atoms with van der Waals surface area (Å²) >= 11 is 1.81. The van der Waals surface area contributed by atoms with E-state index in [1.54, 1.807) is 0 Å². The number of benzene rings is 5. The van der Waals surface area contributed by atoms with Crippen molar-refractivity contribution in [1.82, 2.24) is 4.57 Å². The highest BCUT2D eigenvalue weighted by atomic mass is 32.1. The number of nitrogens with zero attached hydrogens (tertiary/aromatic N) is 3. The smallest absolute Gasteiger partial charge is 0.134 e. The van der Waals surface area contributed by atoms with E-state index in [9.17, 15) is 0 Å². The number of para-hydroxylation sites is 1. The van der Waals surface area contributed by atoms with E-state index in [-0.39, 0.29) is 0 Å². The molecule has 5 heteroatoms. The first-order valence-electron chi connectivity index (χ1n) is 19.1. The molecule has 1 aliphatic heterocycles. The van der Waals surface area contributed by atoms with Gasteiger partial charge in [-0.15, -0.1) is 11.3 Å². The molecule has 272 valence electrons. The number of fused-ring (bicyclic) bond motifs is 5. The lowest BCUT2D eigenvalue weighted by atomic mass is 10.0. The first-order valence-corrected chi connectivity index (χ1v) is 21.1. The minimum absolute atomic E-state index is 0.792. The van der Waals surface area contributed by atoms with Crippen LogP contribution in [0.15, 0.2) is 195 Å². The molecule has 3 nitrogen and oxygen atoms in total. The predicted octanol–water partition coefficient (Wildman–Crippen LogP) is 14.3. The van der Waals surface area contributed by atoms with Crippen molar-refractivity contribution >= 4 is 80.3 Å². The Morgan fingerprint density at radius 1 is 0.732 bits per heavy atom. The van der Waals surface area contributed by atoms with Crippen LogP contribution < -0.4 is 14.6 Å². The molecule has 1 unspecified atom stereocenters. The summed E-state index contributed by atoms with van der Waals surface area (Å²) in [6, 6.07) is 40.6. The van der Waals surface area contributed by atoms with Gasteiger partial charge in [-0.3, -0.25) is 0 Å². The molecule has 0 saturated heterocycles. The molecule has 1 atom stereocenters. The summed E-state index contributed by atoms with van der Waals surface area (Å²) < 4.78 is 8.88. The Hall–Kier alpha value is -6.19. The SMILES string of the molecule is C=C/C=C\C=C/CN1c2ccc(-c3ccc(-n4c5ccccc5c5cc6c(/C=C\C)c(C=C)sc6cc54)cc3)cc2N(C2=CC=CC=CC2)P1c1ccccc1.